The summed E-state index contributed by atoms with van der Waals surface area (Å²) in [7, 11) is 0. The van der Waals surface area contributed by atoms with Crippen LogP contribution in [0.1, 0.15) is 86.5 Å². The fourth-order valence-corrected chi connectivity index (χ4v) is 5.68. The summed E-state index contributed by atoms with van der Waals surface area (Å²) in [6, 6.07) is 0. The number of aromatic nitrogens is 4. The maximum atomic E-state index is 12.6. The lowest BCUT2D eigenvalue weighted by atomic mass is 9.92. The van der Waals surface area contributed by atoms with Crippen molar-refractivity contribution in [1.29, 1.82) is 0 Å². The first-order valence-corrected chi connectivity index (χ1v) is 13.5. The van der Waals surface area contributed by atoms with Crippen LogP contribution in [0.25, 0.3) is 0 Å². The van der Waals surface area contributed by atoms with Gasteiger partial charge in [0.25, 0.3) is 0 Å². The van der Waals surface area contributed by atoms with E-state index in [4.69, 9.17) is 0 Å². The Morgan fingerprint density at radius 1 is 0.743 bits per heavy atom. The van der Waals surface area contributed by atoms with E-state index in [2.05, 4.69) is 25.3 Å². The molecule has 2 aromatic rings. The van der Waals surface area contributed by atoms with Gasteiger partial charge in [-0.3, -0.25) is 18.3 Å². The first-order valence-electron chi connectivity index (χ1n) is 12.6. The van der Waals surface area contributed by atoms with Crippen LogP contribution in [-0.2, 0) is 24.2 Å². The molecule has 2 N–H and O–H groups in total. The zero-order chi connectivity index (χ0) is 26.6. The van der Waals surface area contributed by atoms with Gasteiger partial charge in [0.1, 0.15) is 0 Å². The maximum Gasteiger partial charge on any atom is 0.329 e. The normalized spacial score (nSPS) is 14.5. The molecule has 2 aromatic heterocycles. The van der Waals surface area contributed by atoms with Crippen molar-refractivity contribution in [3.8, 4) is 0 Å². The summed E-state index contributed by atoms with van der Waals surface area (Å²) in [4.78, 5) is 25.2. The average Bonchev–Trinajstić information content (AvgIpc) is 3.24. The van der Waals surface area contributed by atoms with Gasteiger partial charge in [-0.1, -0.05) is 0 Å². The van der Waals surface area contributed by atoms with E-state index in [0.29, 0.717) is 68.1 Å². The molecule has 0 aromatic carbocycles. The summed E-state index contributed by atoms with van der Waals surface area (Å²) >= 11 is 8.93. The lowest BCUT2D eigenvalue weighted by Gasteiger charge is -2.28. The van der Waals surface area contributed by atoms with E-state index < -0.39 is 23.3 Å². The van der Waals surface area contributed by atoms with E-state index in [-0.39, 0.29) is 11.4 Å². The Bertz CT molecular complexity index is 996. The molecule has 0 aliphatic carbocycles. The Hall–Kier alpha value is -1.36. The van der Waals surface area contributed by atoms with Crippen molar-refractivity contribution in [3.05, 3.63) is 33.4 Å². The Kier molecular flexibility index (Phi) is 10.5. The molecule has 0 radical (unpaired) electrons. The van der Waals surface area contributed by atoms with E-state index in [0.717, 1.165) is 0 Å². The second kappa shape index (κ2) is 12.3. The van der Waals surface area contributed by atoms with Gasteiger partial charge in [0.2, 0.25) is 0 Å². The number of aliphatic hydroxyl groups is 2. The summed E-state index contributed by atoms with van der Waals surface area (Å²) in [5.74, 6) is 0. The monoisotopic (exact) mass is 528 g/mol. The predicted molar refractivity (Wildman–Crippen MR) is 146 cm³/mol. The Morgan fingerprint density at radius 3 is 1.37 bits per heavy atom. The highest BCUT2D eigenvalue weighted by molar-refractivity contribution is 7.80. The largest absolute Gasteiger partial charge is 0.393 e. The van der Waals surface area contributed by atoms with Crippen molar-refractivity contribution in [2.75, 3.05) is 0 Å². The first kappa shape index (κ1) is 29.9. The minimum absolute atomic E-state index is 0.0819. The standard InChI is InChI=1S/C25H44N4O4S2/c1-7-26-16-20(34)28(22(26)32)24(3,4)14-12-18(30)10-9-11-19(31)13-15-25(5,6)29-21(35)17-27(8-2)23(29)33/h16-19,30-31,34-35H,7-15H2,1-6H3. The van der Waals surface area contributed by atoms with Gasteiger partial charge in [-0.2, -0.15) is 0 Å². The first-order chi connectivity index (χ1) is 16.2. The average molecular weight is 529 g/mol. The van der Waals surface area contributed by atoms with Crippen LogP contribution in [-0.4, -0.2) is 40.7 Å². The van der Waals surface area contributed by atoms with E-state index in [1.807, 2.05) is 41.5 Å². The van der Waals surface area contributed by atoms with Crippen LogP contribution in [0.15, 0.2) is 32.0 Å². The van der Waals surface area contributed by atoms with Gasteiger partial charge in [-0.25, -0.2) is 9.59 Å². The third-order valence-electron chi connectivity index (χ3n) is 7.02. The summed E-state index contributed by atoms with van der Waals surface area (Å²) in [5, 5.41) is 22.3. The van der Waals surface area contributed by atoms with Crippen molar-refractivity contribution in [2.24, 2.45) is 0 Å². The van der Waals surface area contributed by atoms with Gasteiger partial charge >= 0.3 is 11.4 Å². The van der Waals surface area contributed by atoms with Crippen LogP contribution >= 0.6 is 25.3 Å². The summed E-state index contributed by atoms with van der Waals surface area (Å²) in [5.41, 5.74) is -1.08. The maximum absolute atomic E-state index is 12.6. The molecule has 0 bridgehead atoms. The minimum atomic E-state index is -0.496. The second-order valence-electron chi connectivity index (χ2n) is 10.7. The SMILES string of the molecule is CCn1cc(S)n(C(C)(C)CCC(O)CCCC(O)CCC(C)(C)n2c(S)cn(CC)c2=O)c1=O. The fraction of sp³-hybridized carbons (Fsp3) is 0.760. The summed E-state index contributed by atoms with van der Waals surface area (Å²) in [6.07, 6.45) is 6.81. The quantitative estimate of drug-likeness (QED) is 0.280. The number of aliphatic hydroxyl groups excluding tert-OH is 2. The van der Waals surface area contributed by atoms with Crippen LogP contribution in [0.5, 0.6) is 0 Å². The van der Waals surface area contributed by atoms with Crippen molar-refractivity contribution in [3.63, 3.8) is 0 Å². The summed E-state index contributed by atoms with van der Waals surface area (Å²) < 4.78 is 6.65. The molecular formula is C25H44N4O4S2. The van der Waals surface area contributed by atoms with E-state index in [9.17, 15) is 19.8 Å². The van der Waals surface area contributed by atoms with Crippen LogP contribution in [0.3, 0.4) is 0 Å². The number of rotatable bonds is 14. The molecule has 0 aliphatic rings. The zero-order valence-electron chi connectivity index (χ0n) is 22.1. The van der Waals surface area contributed by atoms with Crippen molar-refractivity contribution in [1.82, 2.24) is 18.3 Å². The third-order valence-corrected chi connectivity index (χ3v) is 7.65. The third kappa shape index (κ3) is 7.33. The molecule has 0 aliphatic heterocycles. The molecule has 0 spiro atoms. The molecule has 8 nitrogen and oxygen atoms in total. The number of thiol groups is 2. The van der Waals surface area contributed by atoms with Crippen LogP contribution in [0.4, 0.5) is 0 Å². The van der Waals surface area contributed by atoms with Crippen molar-refractivity contribution in [2.45, 2.75) is 133 Å². The lowest BCUT2D eigenvalue weighted by molar-refractivity contribution is 0.106. The molecule has 0 saturated carbocycles. The van der Waals surface area contributed by atoms with Gasteiger partial charge in [0.05, 0.1) is 22.3 Å². The molecule has 0 fully saturated rings. The molecule has 2 unspecified atom stereocenters. The van der Waals surface area contributed by atoms with Gasteiger partial charge in [-0.05, 0) is 86.5 Å². The van der Waals surface area contributed by atoms with Gasteiger partial charge in [0, 0.05) is 36.6 Å². The van der Waals surface area contributed by atoms with E-state index in [1.165, 1.54) is 0 Å². The number of hydrogen-bond donors (Lipinski definition) is 4. The molecule has 200 valence electrons. The molecular weight excluding hydrogens is 484 g/mol. The molecule has 0 amide bonds. The van der Waals surface area contributed by atoms with Gasteiger partial charge < -0.3 is 10.2 Å². The van der Waals surface area contributed by atoms with Crippen molar-refractivity contribution < 1.29 is 10.2 Å². The smallest absolute Gasteiger partial charge is 0.329 e. The molecule has 2 heterocycles. The predicted octanol–water partition coefficient (Wildman–Crippen LogP) is 3.85. The highest BCUT2D eigenvalue weighted by Gasteiger charge is 2.28. The second-order valence-corrected chi connectivity index (χ2v) is 11.6. The Balaban J connectivity index is 1.80. The van der Waals surface area contributed by atoms with E-state index >= 15 is 0 Å². The molecule has 2 atom stereocenters. The van der Waals surface area contributed by atoms with Gasteiger partial charge in [-0.15, -0.1) is 25.3 Å². The molecule has 0 saturated heterocycles. The van der Waals surface area contributed by atoms with Crippen LogP contribution < -0.4 is 11.4 Å². The summed E-state index contributed by atoms with van der Waals surface area (Å²) in [6.45, 7) is 13.0. The topological polar surface area (TPSA) is 94.3 Å². The van der Waals surface area contributed by atoms with Crippen molar-refractivity contribution >= 4 is 25.3 Å². The molecule has 35 heavy (non-hydrogen) atoms. The number of nitrogens with zero attached hydrogens (tertiary/aromatic N) is 4. The zero-order valence-corrected chi connectivity index (χ0v) is 23.9. The molecule has 10 heteroatoms. The van der Waals surface area contributed by atoms with Crippen LogP contribution in [0.2, 0.25) is 0 Å². The van der Waals surface area contributed by atoms with E-state index in [1.54, 1.807) is 30.7 Å². The highest BCUT2D eigenvalue weighted by Crippen LogP contribution is 2.27. The number of hydrogen-bond acceptors (Lipinski definition) is 6. The lowest BCUT2D eigenvalue weighted by Crippen LogP contribution is -2.38. The Labute approximate surface area is 219 Å². The Morgan fingerprint density at radius 2 is 1.09 bits per heavy atom. The van der Waals surface area contributed by atoms with Crippen LogP contribution in [0, 0.1) is 0 Å². The fourth-order valence-electron chi connectivity index (χ4n) is 4.69. The number of imidazole rings is 2. The van der Waals surface area contributed by atoms with Gasteiger partial charge in [0.15, 0.2) is 0 Å². The highest BCUT2D eigenvalue weighted by atomic mass is 32.1. The minimum Gasteiger partial charge on any atom is -0.393 e. The number of aryl methyl sites for hydroxylation is 2. The molecule has 2 rings (SSSR count).